The van der Waals surface area contributed by atoms with Gasteiger partial charge in [-0.1, -0.05) is 110 Å². The topological polar surface area (TPSA) is 225 Å². The van der Waals surface area contributed by atoms with E-state index in [-0.39, 0.29) is 51.6 Å². The molecule has 0 saturated heterocycles. The second-order valence-electron chi connectivity index (χ2n) is 17.1. The minimum absolute atomic E-state index is 0.0941. The minimum atomic E-state index is -1.18. The van der Waals surface area contributed by atoms with Gasteiger partial charge in [-0.15, -0.1) is 0 Å². The van der Waals surface area contributed by atoms with Gasteiger partial charge in [0.05, 0.1) is 50.7 Å². The van der Waals surface area contributed by atoms with Crippen LogP contribution in [0.3, 0.4) is 0 Å². The van der Waals surface area contributed by atoms with Crippen LogP contribution in [0.4, 0.5) is 0 Å². The van der Waals surface area contributed by atoms with Gasteiger partial charge in [0, 0.05) is 0 Å². The SMILES string of the molecule is [CH2+]C(=O)OC(CCCCC)C(O)C/C=C/CC(=O)OCC(COC(=O)C/C=C/CC(O)C(CCCCC)OC(=O)CN(C)CC)OC(=O)C/C=C/CC(O)C(CCCCC)OC(=O)CN(C)CC. The Bertz CT molecular complexity index is 1490. The van der Waals surface area contributed by atoms with E-state index in [1.165, 1.54) is 18.2 Å². The van der Waals surface area contributed by atoms with Gasteiger partial charge in [0.15, 0.2) is 13.0 Å². The lowest BCUT2D eigenvalue weighted by molar-refractivity contribution is -0.165. The van der Waals surface area contributed by atoms with E-state index in [4.69, 9.17) is 28.4 Å². The van der Waals surface area contributed by atoms with Crippen molar-refractivity contribution in [2.75, 3.05) is 53.5 Å². The molecular weight excluding hydrogens is 881 g/mol. The van der Waals surface area contributed by atoms with E-state index in [0.29, 0.717) is 32.4 Å². The van der Waals surface area contributed by atoms with Crippen LogP contribution in [-0.2, 0) is 57.2 Å². The van der Waals surface area contributed by atoms with Gasteiger partial charge >= 0.3 is 35.8 Å². The van der Waals surface area contributed by atoms with Crippen LogP contribution in [-0.4, -0.2) is 157 Å². The molecule has 0 aromatic heterocycles. The van der Waals surface area contributed by atoms with Crippen LogP contribution in [0.1, 0.15) is 150 Å². The first kappa shape index (κ1) is 63.7. The van der Waals surface area contributed by atoms with Crippen LogP contribution in [0.15, 0.2) is 36.5 Å². The maximum atomic E-state index is 13.0. The molecule has 0 aliphatic carbocycles. The van der Waals surface area contributed by atoms with Crippen molar-refractivity contribution >= 4 is 35.8 Å². The summed E-state index contributed by atoms with van der Waals surface area (Å²) in [6.45, 7) is 13.8. The van der Waals surface area contributed by atoms with Gasteiger partial charge < -0.3 is 43.7 Å². The Morgan fingerprint density at radius 3 is 1.13 bits per heavy atom. The van der Waals surface area contributed by atoms with Crippen molar-refractivity contribution in [1.82, 2.24) is 9.80 Å². The van der Waals surface area contributed by atoms with Gasteiger partial charge in [0.2, 0.25) is 0 Å². The van der Waals surface area contributed by atoms with E-state index in [1.807, 2.05) is 20.8 Å². The predicted octanol–water partition coefficient (Wildman–Crippen LogP) is 6.29. The standard InChI is InChI=1S/C51H87N2O15/c1-9-14-17-29-44(65-39(6)54)41(55)26-20-23-32-47(58)63-37-40(66-49(60)34-25-22-28-43(57)46(31-19-16-11-3)68-51(62)36-53(8)13-5)38-64-48(59)33-24-21-27-42(56)45(30-18-15-10-2)67-50(61)35-52(7)12-4/h20-25,40-46,55-57H,6,9-19,26-38H2,1-5,7-8H3/q+1/b23-20+,24-21+,25-22+. The third kappa shape index (κ3) is 34.1. The Balaban J connectivity index is 5.66. The van der Waals surface area contributed by atoms with Crippen molar-refractivity contribution in [2.24, 2.45) is 0 Å². The number of carbonyl (C=O) groups excluding carboxylic acids is 6. The summed E-state index contributed by atoms with van der Waals surface area (Å²) in [5, 5.41) is 32.4. The zero-order chi connectivity index (χ0) is 51.1. The van der Waals surface area contributed by atoms with E-state index >= 15 is 0 Å². The third-order valence-electron chi connectivity index (χ3n) is 10.9. The lowest BCUT2D eigenvalue weighted by Gasteiger charge is -2.24. The largest absolute Gasteiger partial charge is 0.493 e. The minimum Gasteiger partial charge on any atom is -0.461 e. The quantitative estimate of drug-likeness (QED) is 0.0201. The molecule has 17 heteroatoms. The Morgan fingerprint density at radius 2 is 0.809 bits per heavy atom. The van der Waals surface area contributed by atoms with E-state index in [1.54, 1.807) is 42.1 Å². The second-order valence-corrected chi connectivity index (χ2v) is 17.1. The van der Waals surface area contributed by atoms with Gasteiger partial charge in [-0.05, 0) is 85.0 Å². The van der Waals surface area contributed by atoms with E-state index < -0.39 is 91.8 Å². The number of carbonyl (C=O) groups is 6. The molecule has 0 aliphatic heterocycles. The van der Waals surface area contributed by atoms with Crippen molar-refractivity contribution in [2.45, 2.75) is 193 Å². The van der Waals surface area contributed by atoms with Gasteiger partial charge in [0.25, 0.3) is 0 Å². The fourth-order valence-corrected chi connectivity index (χ4v) is 6.56. The molecule has 0 aromatic rings. The van der Waals surface area contributed by atoms with Crippen LogP contribution >= 0.6 is 0 Å². The highest BCUT2D eigenvalue weighted by molar-refractivity contribution is 5.74. The van der Waals surface area contributed by atoms with E-state index in [9.17, 15) is 44.1 Å². The molecular formula is C51H87N2O15+. The summed E-state index contributed by atoms with van der Waals surface area (Å²) in [6.07, 6.45) is 12.1. The van der Waals surface area contributed by atoms with E-state index in [0.717, 1.165) is 57.8 Å². The fourth-order valence-electron chi connectivity index (χ4n) is 6.56. The van der Waals surface area contributed by atoms with Crippen molar-refractivity contribution < 1.29 is 72.5 Å². The van der Waals surface area contributed by atoms with E-state index in [2.05, 4.69) is 20.8 Å². The van der Waals surface area contributed by atoms with Crippen LogP contribution in [0.2, 0.25) is 0 Å². The number of aliphatic hydroxyl groups is 3. The molecule has 0 aliphatic rings. The molecule has 7 atom stereocenters. The summed E-state index contributed by atoms with van der Waals surface area (Å²) in [7, 11) is 3.60. The van der Waals surface area contributed by atoms with Crippen molar-refractivity contribution in [3.05, 3.63) is 43.4 Å². The zero-order valence-electron chi connectivity index (χ0n) is 42.3. The van der Waals surface area contributed by atoms with Crippen molar-refractivity contribution in [3.8, 4) is 0 Å². The molecule has 0 saturated carbocycles. The number of rotatable bonds is 41. The summed E-state index contributed by atoms with van der Waals surface area (Å²) in [5.74, 6) is -3.69. The lowest BCUT2D eigenvalue weighted by atomic mass is 10.0. The number of ether oxygens (including phenoxy) is 6. The number of likely N-dealkylation sites (N-methyl/N-ethyl adjacent to an activating group) is 2. The molecule has 7 unspecified atom stereocenters. The van der Waals surface area contributed by atoms with Crippen LogP contribution in [0, 0.1) is 6.92 Å². The van der Waals surface area contributed by atoms with Crippen LogP contribution < -0.4 is 0 Å². The van der Waals surface area contributed by atoms with Crippen LogP contribution in [0.5, 0.6) is 0 Å². The first-order valence-electron chi connectivity index (χ1n) is 24.8. The molecule has 390 valence electrons. The van der Waals surface area contributed by atoms with Crippen LogP contribution in [0.25, 0.3) is 0 Å². The van der Waals surface area contributed by atoms with Crippen molar-refractivity contribution in [3.63, 3.8) is 0 Å². The maximum Gasteiger partial charge on any atom is 0.493 e. The summed E-state index contributed by atoms with van der Waals surface area (Å²) in [4.78, 5) is 78.5. The van der Waals surface area contributed by atoms with Gasteiger partial charge in [-0.2, -0.15) is 4.79 Å². The number of hydrogen-bond donors (Lipinski definition) is 3. The number of nitrogens with zero attached hydrogens (tertiary/aromatic N) is 2. The number of hydrogen-bond acceptors (Lipinski definition) is 17. The molecule has 0 rings (SSSR count). The number of aliphatic hydroxyl groups excluding tert-OH is 3. The average Bonchev–Trinajstić information content (AvgIpc) is 3.30. The lowest BCUT2D eigenvalue weighted by Crippen LogP contribution is -2.35. The monoisotopic (exact) mass is 968 g/mol. The maximum absolute atomic E-state index is 13.0. The molecule has 68 heavy (non-hydrogen) atoms. The van der Waals surface area contributed by atoms with Gasteiger partial charge in [-0.25, -0.2) is 0 Å². The molecule has 3 N–H and O–H groups in total. The first-order valence-corrected chi connectivity index (χ1v) is 24.8. The molecule has 0 heterocycles. The number of unbranched alkanes of at least 4 members (excludes halogenated alkanes) is 6. The molecule has 17 nitrogen and oxygen atoms in total. The van der Waals surface area contributed by atoms with Gasteiger partial charge in [-0.3, -0.25) is 33.8 Å². The molecule has 0 amide bonds. The molecule has 0 aromatic carbocycles. The first-order chi connectivity index (χ1) is 32.5. The Kier molecular flexibility index (Phi) is 38.0. The summed E-state index contributed by atoms with van der Waals surface area (Å²) in [5.41, 5.74) is 0. The predicted molar refractivity (Wildman–Crippen MR) is 259 cm³/mol. The summed E-state index contributed by atoms with van der Waals surface area (Å²) >= 11 is 0. The third-order valence-corrected chi connectivity index (χ3v) is 10.9. The fraction of sp³-hybridized carbons (Fsp3) is 0.745. The highest BCUT2D eigenvalue weighted by Gasteiger charge is 2.26. The molecule has 0 radical (unpaired) electrons. The highest BCUT2D eigenvalue weighted by Crippen LogP contribution is 2.17. The molecule has 0 spiro atoms. The summed E-state index contributed by atoms with van der Waals surface area (Å²) < 4.78 is 32.7. The Hall–Kier alpha value is -4.29. The zero-order valence-corrected chi connectivity index (χ0v) is 42.3. The normalized spacial score (nSPS) is 14.9. The Morgan fingerprint density at radius 1 is 0.471 bits per heavy atom. The number of esters is 6. The summed E-state index contributed by atoms with van der Waals surface area (Å²) in [6, 6.07) is 0. The highest BCUT2D eigenvalue weighted by atomic mass is 16.6. The van der Waals surface area contributed by atoms with Crippen molar-refractivity contribution in [1.29, 1.82) is 0 Å². The Labute approximate surface area is 406 Å². The average molecular weight is 968 g/mol. The smallest absolute Gasteiger partial charge is 0.461 e. The second kappa shape index (κ2) is 40.6. The van der Waals surface area contributed by atoms with Gasteiger partial charge in [0.1, 0.15) is 31.5 Å². The molecule has 0 fully saturated rings. The molecule has 0 bridgehead atoms.